The third kappa shape index (κ3) is 6.28. The molecule has 5 atom stereocenters. The second kappa shape index (κ2) is 7.88. The molecule has 10 heteroatoms. The highest BCUT2D eigenvalue weighted by Crippen LogP contribution is 2.20. The van der Waals surface area contributed by atoms with Crippen LogP contribution in [-0.4, -0.2) is 81.9 Å². The zero-order valence-electron chi connectivity index (χ0n) is 13.1. The number of amides is 1. The van der Waals surface area contributed by atoms with Gasteiger partial charge in [-0.05, 0) is 20.8 Å². The van der Waals surface area contributed by atoms with Crippen molar-refractivity contribution >= 4 is 12.1 Å². The summed E-state index contributed by atoms with van der Waals surface area (Å²) in [6, 6.07) is 0. The van der Waals surface area contributed by atoms with Crippen molar-refractivity contribution in [2.24, 2.45) is 0 Å². The van der Waals surface area contributed by atoms with Crippen LogP contribution in [-0.2, 0) is 19.0 Å². The highest BCUT2D eigenvalue weighted by Gasteiger charge is 2.43. The molecule has 1 aliphatic heterocycles. The number of aliphatic hydroxyl groups excluding tert-OH is 4. The molecule has 0 saturated carbocycles. The van der Waals surface area contributed by atoms with Gasteiger partial charge in [0.2, 0.25) is 0 Å². The number of hydrogen-bond acceptors (Lipinski definition) is 9. The minimum absolute atomic E-state index is 0.467. The molecule has 0 aromatic heterocycles. The van der Waals surface area contributed by atoms with Crippen molar-refractivity contribution in [3.05, 3.63) is 0 Å². The van der Waals surface area contributed by atoms with Crippen LogP contribution in [0.15, 0.2) is 0 Å². The van der Waals surface area contributed by atoms with Crippen molar-refractivity contribution in [1.82, 2.24) is 5.32 Å². The summed E-state index contributed by atoms with van der Waals surface area (Å²) in [7, 11) is 0. The molecular weight excluding hydrogens is 314 g/mol. The van der Waals surface area contributed by atoms with E-state index in [1.54, 1.807) is 20.8 Å². The van der Waals surface area contributed by atoms with E-state index >= 15 is 0 Å². The van der Waals surface area contributed by atoms with Gasteiger partial charge in [-0.2, -0.15) is 0 Å². The number of ether oxygens (including phenoxy) is 3. The third-order valence-corrected chi connectivity index (χ3v) is 2.87. The van der Waals surface area contributed by atoms with Crippen LogP contribution >= 0.6 is 0 Å². The van der Waals surface area contributed by atoms with E-state index in [0.717, 1.165) is 0 Å². The molecular formula is C13H23NO9. The molecule has 1 amide bonds. The van der Waals surface area contributed by atoms with Gasteiger partial charge in [0.05, 0.1) is 0 Å². The predicted octanol–water partition coefficient (Wildman–Crippen LogP) is -2.15. The molecule has 0 aliphatic carbocycles. The quantitative estimate of drug-likeness (QED) is 0.361. The Bertz CT molecular complexity index is 422. The Kier molecular flexibility index (Phi) is 6.71. The van der Waals surface area contributed by atoms with Gasteiger partial charge in [0, 0.05) is 0 Å². The first-order valence-electron chi connectivity index (χ1n) is 7.01. The van der Waals surface area contributed by atoms with Crippen molar-refractivity contribution in [3.63, 3.8) is 0 Å². The number of carbonyl (C=O) groups is 2. The molecule has 23 heavy (non-hydrogen) atoms. The SMILES string of the molecule is CC(C)(C)OC(=O)NCC(=O)OC[C@H]1O[C@H](O)[C@H](O)[C@H](O)[C@@H]1O. The average Bonchev–Trinajstić information content (AvgIpc) is 2.43. The van der Waals surface area contributed by atoms with E-state index in [1.165, 1.54) is 0 Å². The Balaban J connectivity index is 2.34. The molecule has 1 heterocycles. The molecule has 0 bridgehead atoms. The zero-order valence-corrected chi connectivity index (χ0v) is 13.1. The first-order chi connectivity index (χ1) is 10.5. The lowest BCUT2D eigenvalue weighted by atomic mass is 9.99. The number of nitrogens with one attached hydrogen (secondary N) is 1. The molecule has 0 aromatic carbocycles. The van der Waals surface area contributed by atoms with Crippen LogP contribution in [0.1, 0.15) is 20.8 Å². The molecule has 1 rings (SSSR count). The highest BCUT2D eigenvalue weighted by atomic mass is 16.7. The summed E-state index contributed by atoms with van der Waals surface area (Å²) in [6.07, 6.45) is -8.56. The van der Waals surface area contributed by atoms with Crippen LogP contribution in [0.3, 0.4) is 0 Å². The van der Waals surface area contributed by atoms with E-state index in [1.807, 2.05) is 0 Å². The van der Waals surface area contributed by atoms with Crippen LogP contribution in [0.5, 0.6) is 0 Å². The molecule has 10 nitrogen and oxygen atoms in total. The molecule has 0 radical (unpaired) electrons. The Labute approximate surface area is 133 Å². The summed E-state index contributed by atoms with van der Waals surface area (Å²) in [5.74, 6) is -0.832. The van der Waals surface area contributed by atoms with Crippen LogP contribution in [0, 0.1) is 0 Å². The summed E-state index contributed by atoms with van der Waals surface area (Å²) in [5, 5.41) is 39.9. The lowest BCUT2D eigenvalue weighted by Gasteiger charge is -2.37. The van der Waals surface area contributed by atoms with Gasteiger partial charge < -0.3 is 40.0 Å². The predicted molar refractivity (Wildman–Crippen MR) is 74.1 cm³/mol. The van der Waals surface area contributed by atoms with Crippen molar-refractivity contribution < 1.29 is 44.2 Å². The van der Waals surface area contributed by atoms with Gasteiger partial charge in [-0.15, -0.1) is 0 Å². The van der Waals surface area contributed by atoms with E-state index < -0.39 is 61.5 Å². The number of aliphatic hydroxyl groups is 4. The van der Waals surface area contributed by atoms with E-state index in [4.69, 9.17) is 14.2 Å². The van der Waals surface area contributed by atoms with Gasteiger partial charge in [-0.1, -0.05) is 0 Å². The van der Waals surface area contributed by atoms with Crippen LogP contribution < -0.4 is 5.32 Å². The second-order valence-corrected chi connectivity index (χ2v) is 6.08. The molecule has 0 unspecified atom stereocenters. The molecule has 5 N–H and O–H groups in total. The summed E-state index contributed by atoms with van der Waals surface area (Å²) in [6.45, 7) is 4.05. The van der Waals surface area contributed by atoms with Crippen LogP contribution in [0.2, 0.25) is 0 Å². The molecule has 134 valence electrons. The molecule has 1 aliphatic rings. The number of alkyl carbamates (subject to hydrolysis) is 1. The van der Waals surface area contributed by atoms with Gasteiger partial charge in [-0.25, -0.2) is 4.79 Å². The minimum Gasteiger partial charge on any atom is -0.461 e. The topological polar surface area (TPSA) is 155 Å². The summed E-state index contributed by atoms with van der Waals surface area (Å²) < 4.78 is 14.5. The van der Waals surface area contributed by atoms with Crippen molar-refractivity contribution in [2.45, 2.75) is 57.1 Å². The Morgan fingerprint density at radius 2 is 1.70 bits per heavy atom. The molecule has 0 spiro atoms. The normalized spacial score (nSPS) is 31.3. The lowest BCUT2D eigenvalue weighted by Crippen LogP contribution is -2.58. The largest absolute Gasteiger partial charge is 0.461 e. The first kappa shape index (κ1) is 19.6. The minimum atomic E-state index is -1.71. The fraction of sp³-hybridized carbons (Fsp3) is 0.846. The number of esters is 1. The average molecular weight is 337 g/mol. The monoisotopic (exact) mass is 337 g/mol. The smallest absolute Gasteiger partial charge is 0.408 e. The maximum atomic E-state index is 11.5. The van der Waals surface area contributed by atoms with Crippen molar-refractivity contribution in [1.29, 1.82) is 0 Å². The second-order valence-electron chi connectivity index (χ2n) is 6.08. The Morgan fingerprint density at radius 3 is 2.26 bits per heavy atom. The number of hydrogen-bond donors (Lipinski definition) is 5. The molecule has 0 aromatic rings. The molecule has 1 fully saturated rings. The number of carbonyl (C=O) groups excluding carboxylic acids is 2. The Morgan fingerprint density at radius 1 is 1.09 bits per heavy atom. The standard InChI is InChI=1S/C13H23NO9/c1-13(2,3)23-12(20)14-4-7(15)21-5-6-8(16)9(17)10(18)11(19)22-6/h6,8-11,16-19H,4-5H2,1-3H3,(H,14,20)/t6-,8-,9-,10-,11+/m1/s1. The molecule has 1 saturated heterocycles. The van der Waals surface area contributed by atoms with E-state index in [9.17, 15) is 30.0 Å². The van der Waals surface area contributed by atoms with Gasteiger partial charge in [0.15, 0.2) is 6.29 Å². The summed E-state index contributed by atoms with van der Waals surface area (Å²) in [5.41, 5.74) is -0.707. The van der Waals surface area contributed by atoms with Gasteiger partial charge in [-0.3, -0.25) is 4.79 Å². The first-order valence-corrected chi connectivity index (χ1v) is 7.01. The summed E-state index contributed by atoms with van der Waals surface area (Å²) >= 11 is 0. The van der Waals surface area contributed by atoms with E-state index in [2.05, 4.69) is 5.32 Å². The van der Waals surface area contributed by atoms with Gasteiger partial charge >= 0.3 is 12.1 Å². The van der Waals surface area contributed by atoms with Crippen molar-refractivity contribution in [2.75, 3.05) is 13.2 Å². The highest BCUT2D eigenvalue weighted by molar-refractivity contribution is 5.78. The van der Waals surface area contributed by atoms with Crippen molar-refractivity contribution in [3.8, 4) is 0 Å². The lowest BCUT2D eigenvalue weighted by molar-refractivity contribution is -0.287. The summed E-state index contributed by atoms with van der Waals surface area (Å²) in [4.78, 5) is 22.8. The van der Waals surface area contributed by atoms with Gasteiger partial charge in [0.1, 0.15) is 43.2 Å². The van der Waals surface area contributed by atoms with E-state index in [-0.39, 0.29) is 0 Å². The van der Waals surface area contributed by atoms with Crippen LogP contribution in [0.25, 0.3) is 0 Å². The maximum absolute atomic E-state index is 11.5. The van der Waals surface area contributed by atoms with Crippen LogP contribution in [0.4, 0.5) is 4.79 Å². The van der Waals surface area contributed by atoms with Gasteiger partial charge in [0.25, 0.3) is 0 Å². The number of rotatable bonds is 4. The van der Waals surface area contributed by atoms with E-state index in [0.29, 0.717) is 0 Å². The fourth-order valence-corrected chi connectivity index (χ4v) is 1.75. The Hall–Kier alpha value is -1.46. The fourth-order valence-electron chi connectivity index (χ4n) is 1.75. The third-order valence-electron chi connectivity index (χ3n) is 2.87. The maximum Gasteiger partial charge on any atom is 0.408 e. The zero-order chi connectivity index (χ0) is 17.8.